The Labute approximate surface area is 104 Å². The molecule has 2 aromatic rings. The van der Waals surface area contributed by atoms with Gasteiger partial charge in [0.05, 0.1) is 23.4 Å². The zero-order chi connectivity index (χ0) is 12.3. The van der Waals surface area contributed by atoms with Crippen LogP contribution >= 0.6 is 11.3 Å². The molecule has 5 heteroatoms. The molecule has 17 heavy (non-hydrogen) atoms. The summed E-state index contributed by atoms with van der Waals surface area (Å²) in [5, 5.41) is 4.16. The molecule has 0 atom stereocenters. The number of Topliss-reactive ketones (excluding diaryl/α,β-unsaturated/α-hetero) is 1. The van der Waals surface area contributed by atoms with Crippen LogP contribution in [0.5, 0.6) is 0 Å². The molecule has 0 unspecified atom stereocenters. The predicted octanol–water partition coefficient (Wildman–Crippen LogP) is 2.54. The zero-order valence-corrected chi connectivity index (χ0v) is 10.6. The fourth-order valence-electron chi connectivity index (χ4n) is 1.56. The summed E-state index contributed by atoms with van der Waals surface area (Å²) in [6.45, 7) is 4.75. The maximum Gasteiger partial charge on any atom is 0.171 e. The molecule has 90 valence electrons. The highest BCUT2D eigenvalue weighted by molar-refractivity contribution is 7.13. The topological polar surface area (TPSA) is 55.1 Å². The largest absolute Gasteiger partial charge is 0.468 e. The van der Waals surface area contributed by atoms with Gasteiger partial charge in [-0.25, -0.2) is 4.98 Å². The van der Waals surface area contributed by atoms with Crippen molar-refractivity contribution in [2.45, 2.75) is 26.9 Å². The first kappa shape index (κ1) is 12.0. The molecule has 0 radical (unpaired) electrons. The number of carbonyl (C=O) groups excluding carboxylic acids is 1. The minimum atomic E-state index is 0.0808. The highest BCUT2D eigenvalue weighted by atomic mass is 32.1. The van der Waals surface area contributed by atoms with E-state index >= 15 is 0 Å². The third-order valence-electron chi connectivity index (χ3n) is 2.32. The first-order chi connectivity index (χ1) is 8.16. The number of nitrogens with zero attached hydrogens (tertiary/aromatic N) is 1. The van der Waals surface area contributed by atoms with Crippen LogP contribution in [0, 0.1) is 6.92 Å². The van der Waals surface area contributed by atoms with Crippen molar-refractivity contribution < 1.29 is 9.21 Å². The fraction of sp³-hybridized carbons (Fsp3) is 0.333. The van der Waals surface area contributed by atoms with Crippen LogP contribution in [0.3, 0.4) is 0 Å². The minimum absolute atomic E-state index is 0.0808. The van der Waals surface area contributed by atoms with E-state index in [1.807, 2.05) is 19.1 Å². The van der Waals surface area contributed by atoms with Crippen LogP contribution in [0.4, 0.5) is 0 Å². The van der Waals surface area contributed by atoms with Gasteiger partial charge >= 0.3 is 0 Å². The Morgan fingerprint density at radius 3 is 2.94 bits per heavy atom. The smallest absolute Gasteiger partial charge is 0.171 e. The second-order valence-electron chi connectivity index (χ2n) is 3.76. The first-order valence-electron chi connectivity index (χ1n) is 5.37. The van der Waals surface area contributed by atoms with E-state index in [2.05, 4.69) is 10.3 Å². The van der Waals surface area contributed by atoms with Crippen molar-refractivity contribution in [2.24, 2.45) is 0 Å². The van der Waals surface area contributed by atoms with E-state index in [-0.39, 0.29) is 5.78 Å². The summed E-state index contributed by atoms with van der Waals surface area (Å²) in [4.78, 5) is 16.4. The van der Waals surface area contributed by atoms with Gasteiger partial charge in [0, 0.05) is 13.5 Å². The maximum atomic E-state index is 11.3. The number of hydrogen-bond acceptors (Lipinski definition) is 5. The lowest BCUT2D eigenvalue weighted by atomic mass is 10.3. The van der Waals surface area contributed by atoms with Crippen LogP contribution < -0.4 is 5.32 Å². The van der Waals surface area contributed by atoms with E-state index in [1.54, 1.807) is 13.2 Å². The standard InChI is InChI=1S/C12H14N2O2S/c1-8-12(9(2)15)17-11(14-8)7-13-6-10-4-3-5-16-10/h3-5,13H,6-7H2,1-2H3. The number of thiazole rings is 1. The second-order valence-corrected chi connectivity index (χ2v) is 4.84. The molecule has 0 aliphatic heterocycles. The van der Waals surface area contributed by atoms with Crippen molar-refractivity contribution in [3.8, 4) is 0 Å². The number of aryl methyl sites for hydroxylation is 1. The van der Waals surface area contributed by atoms with Crippen LogP contribution in [0.25, 0.3) is 0 Å². The van der Waals surface area contributed by atoms with E-state index in [9.17, 15) is 4.79 Å². The van der Waals surface area contributed by atoms with E-state index in [0.717, 1.165) is 21.3 Å². The Bertz CT molecular complexity index is 503. The monoisotopic (exact) mass is 250 g/mol. The molecule has 0 fully saturated rings. The van der Waals surface area contributed by atoms with Gasteiger partial charge in [-0.1, -0.05) is 0 Å². The van der Waals surface area contributed by atoms with Gasteiger partial charge in [0.1, 0.15) is 10.8 Å². The third-order valence-corrected chi connectivity index (χ3v) is 3.57. The Hall–Kier alpha value is -1.46. The SMILES string of the molecule is CC(=O)c1sc(CNCc2ccco2)nc1C. The van der Waals surface area contributed by atoms with Gasteiger partial charge in [-0.3, -0.25) is 4.79 Å². The number of nitrogens with one attached hydrogen (secondary N) is 1. The maximum absolute atomic E-state index is 11.3. The molecule has 0 saturated carbocycles. The molecule has 2 aromatic heterocycles. The molecule has 0 bridgehead atoms. The number of ketones is 1. The van der Waals surface area contributed by atoms with E-state index in [1.165, 1.54) is 11.3 Å². The molecule has 0 aliphatic rings. The normalized spacial score (nSPS) is 10.7. The van der Waals surface area contributed by atoms with Gasteiger partial charge in [-0.2, -0.15) is 0 Å². The minimum Gasteiger partial charge on any atom is -0.468 e. The Morgan fingerprint density at radius 1 is 1.53 bits per heavy atom. The molecule has 0 aromatic carbocycles. The van der Waals surface area contributed by atoms with Crippen molar-refractivity contribution in [3.63, 3.8) is 0 Å². The molecule has 4 nitrogen and oxygen atoms in total. The molecular formula is C12H14N2O2S. The Morgan fingerprint density at radius 2 is 2.35 bits per heavy atom. The Balaban J connectivity index is 1.91. The summed E-state index contributed by atoms with van der Waals surface area (Å²) in [6, 6.07) is 3.78. The summed E-state index contributed by atoms with van der Waals surface area (Å²) in [6.07, 6.45) is 1.65. The number of furan rings is 1. The second kappa shape index (κ2) is 5.25. The highest BCUT2D eigenvalue weighted by Crippen LogP contribution is 2.18. The zero-order valence-electron chi connectivity index (χ0n) is 9.82. The van der Waals surface area contributed by atoms with Crippen molar-refractivity contribution in [1.82, 2.24) is 10.3 Å². The highest BCUT2D eigenvalue weighted by Gasteiger charge is 2.10. The molecule has 0 aliphatic carbocycles. The lowest BCUT2D eigenvalue weighted by Crippen LogP contribution is -2.11. The van der Waals surface area contributed by atoms with Crippen LogP contribution in [-0.4, -0.2) is 10.8 Å². The molecule has 0 saturated heterocycles. The summed E-state index contributed by atoms with van der Waals surface area (Å²) >= 11 is 1.45. The number of hydrogen-bond donors (Lipinski definition) is 1. The number of carbonyl (C=O) groups is 1. The summed E-state index contributed by atoms with van der Waals surface area (Å²) in [5.41, 5.74) is 0.817. The average Bonchev–Trinajstić information content (AvgIpc) is 2.88. The van der Waals surface area contributed by atoms with Gasteiger partial charge < -0.3 is 9.73 Å². The van der Waals surface area contributed by atoms with Crippen LogP contribution in [0.15, 0.2) is 22.8 Å². The molecular weight excluding hydrogens is 236 g/mol. The molecule has 0 spiro atoms. The van der Waals surface area contributed by atoms with Gasteiger partial charge in [0.15, 0.2) is 5.78 Å². The molecule has 2 heterocycles. The van der Waals surface area contributed by atoms with Gasteiger partial charge in [-0.05, 0) is 19.1 Å². The molecule has 0 amide bonds. The van der Waals surface area contributed by atoms with Crippen molar-refractivity contribution in [2.75, 3.05) is 0 Å². The average molecular weight is 250 g/mol. The van der Waals surface area contributed by atoms with Crippen molar-refractivity contribution >= 4 is 17.1 Å². The van der Waals surface area contributed by atoms with E-state index < -0.39 is 0 Å². The predicted molar refractivity (Wildman–Crippen MR) is 66.1 cm³/mol. The summed E-state index contributed by atoms with van der Waals surface area (Å²) in [7, 11) is 0. The van der Waals surface area contributed by atoms with Crippen LogP contribution in [-0.2, 0) is 13.1 Å². The molecule has 1 N–H and O–H groups in total. The molecule has 2 rings (SSSR count). The van der Waals surface area contributed by atoms with Gasteiger partial charge in [-0.15, -0.1) is 11.3 Å². The van der Waals surface area contributed by atoms with Crippen LogP contribution in [0.1, 0.15) is 33.1 Å². The summed E-state index contributed by atoms with van der Waals surface area (Å²) < 4.78 is 5.20. The van der Waals surface area contributed by atoms with E-state index in [4.69, 9.17) is 4.42 Å². The lowest BCUT2D eigenvalue weighted by molar-refractivity contribution is 0.102. The number of rotatable bonds is 5. The van der Waals surface area contributed by atoms with E-state index in [0.29, 0.717) is 13.1 Å². The van der Waals surface area contributed by atoms with Crippen molar-refractivity contribution in [3.05, 3.63) is 39.7 Å². The third kappa shape index (κ3) is 3.01. The van der Waals surface area contributed by atoms with Crippen LogP contribution in [0.2, 0.25) is 0 Å². The first-order valence-corrected chi connectivity index (χ1v) is 6.19. The number of aromatic nitrogens is 1. The lowest BCUT2D eigenvalue weighted by Gasteiger charge is -1.98. The van der Waals surface area contributed by atoms with Gasteiger partial charge in [0.25, 0.3) is 0 Å². The van der Waals surface area contributed by atoms with Crippen molar-refractivity contribution in [1.29, 1.82) is 0 Å². The van der Waals surface area contributed by atoms with Gasteiger partial charge in [0.2, 0.25) is 0 Å². The Kier molecular flexibility index (Phi) is 3.71. The summed E-state index contributed by atoms with van der Waals surface area (Å²) in [5.74, 6) is 0.974. The quantitative estimate of drug-likeness (QED) is 0.828. The fourth-order valence-corrected chi connectivity index (χ4v) is 2.49.